The number of fused-ring (bicyclic) bond motifs is 6. The number of hydrogen-bond acceptors (Lipinski definition) is 2. The van der Waals surface area contributed by atoms with Gasteiger partial charge >= 0.3 is 0 Å². The largest absolute Gasteiger partial charge is 0.309 e. The highest BCUT2D eigenvalue weighted by Gasteiger charge is 2.35. The van der Waals surface area contributed by atoms with Crippen molar-refractivity contribution in [1.82, 2.24) is 14.5 Å². The highest BCUT2D eigenvalue weighted by molar-refractivity contribution is 6.10. The van der Waals surface area contributed by atoms with Gasteiger partial charge in [0.25, 0.3) is 0 Å². The molecule has 1 aliphatic rings. The molecule has 2 heterocycles. The Balaban J connectivity index is 0.978. The number of hydrogen-bond donors (Lipinski definition) is 0. The molecule has 0 amide bonds. The summed E-state index contributed by atoms with van der Waals surface area (Å²) in [5, 5.41) is 2.47. The van der Waals surface area contributed by atoms with E-state index in [0.717, 1.165) is 28.3 Å². The minimum atomic E-state index is -0.0125. The minimum absolute atomic E-state index is 0.0125. The maximum atomic E-state index is 4.88. The first-order valence-electron chi connectivity index (χ1n) is 17.9. The maximum Gasteiger partial charge on any atom is 0.159 e. The van der Waals surface area contributed by atoms with Crippen LogP contribution in [0.3, 0.4) is 0 Å². The fourth-order valence-corrected chi connectivity index (χ4v) is 8.20. The number of aromatic nitrogens is 3. The van der Waals surface area contributed by atoms with Gasteiger partial charge in [0.1, 0.15) is 0 Å². The number of benzene rings is 7. The lowest BCUT2D eigenvalue weighted by Gasteiger charge is -2.22. The van der Waals surface area contributed by atoms with Gasteiger partial charge in [0, 0.05) is 39.2 Å². The zero-order chi connectivity index (χ0) is 34.8. The van der Waals surface area contributed by atoms with Gasteiger partial charge in [0.15, 0.2) is 5.82 Å². The Kier molecular flexibility index (Phi) is 6.84. The van der Waals surface area contributed by atoms with Crippen molar-refractivity contribution in [1.29, 1.82) is 0 Å². The Morgan fingerprint density at radius 1 is 0.442 bits per heavy atom. The summed E-state index contributed by atoms with van der Waals surface area (Å²) in [6.07, 6.45) is 1.84. The molecule has 10 rings (SSSR count). The second kappa shape index (κ2) is 11.8. The molecule has 0 radical (unpaired) electrons. The molecule has 52 heavy (non-hydrogen) atoms. The normalized spacial score (nSPS) is 13.0. The van der Waals surface area contributed by atoms with E-state index >= 15 is 0 Å². The van der Waals surface area contributed by atoms with Crippen LogP contribution in [0.5, 0.6) is 0 Å². The molecule has 0 fully saturated rings. The van der Waals surface area contributed by atoms with E-state index in [4.69, 9.17) is 4.98 Å². The molecule has 0 saturated carbocycles. The average molecular weight is 666 g/mol. The third kappa shape index (κ3) is 4.81. The standard InChI is InChI=1S/C49H35N3/c1-49(2)43-14-8-6-12-39(43)40-26-22-37(31-44(40)49)33-18-16-32(17-19-33)36-23-27-47-42(30-36)41-13-7-9-15-46(41)52(47)38-24-20-35(21-25-38)48-50-29-28-45(51-48)34-10-4-3-5-11-34/h3-31H,1-2H3. The van der Waals surface area contributed by atoms with Gasteiger partial charge in [-0.15, -0.1) is 0 Å². The van der Waals surface area contributed by atoms with Crippen molar-refractivity contribution in [3.8, 4) is 61.7 Å². The van der Waals surface area contributed by atoms with Crippen molar-refractivity contribution in [2.45, 2.75) is 19.3 Å². The van der Waals surface area contributed by atoms with Gasteiger partial charge in [-0.1, -0.05) is 129 Å². The molecule has 3 nitrogen and oxygen atoms in total. The molecule has 0 N–H and O–H groups in total. The Bertz CT molecular complexity index is 2790. The zero-order valence-electron chi connectivity index (χ0n) is 29.1. The lowest BCUT2D eigenvalue weighted by molar-refractivity contribution is 0.660. The second-order valence-electron chi connectivity index (χ2n) is 14.3. The monoisotopic (exact) mass is 665 g/mol. The number of para-hydroxylation sites is 1. The lowest BCUT2D eigenvalue weighted by Crippen LogP contribution is -2.14. The van der Waals surface area contributed by atoms with E-state index in [1.54, 1.807) is 0 Å². The lowest BCUT2D eigenvalue weighted by atomic mass is 9.81. The Morgan fingerprint density at radius 2 is 1.06 bits per heavy atom. The first-order valence-corrected chi connectivity index (χ1v) is 17.9. The van der Waals surface area contributed by atoms with Crippen molar-refractivity contribution >= 4 is 21.8 Å². The van der Waals surface area contributed by atoms with E-state index in [9.17, 15) is 0 Å². The van der Waals surface area contributed by atoms with Crippen molar-refractivity contribution in [3.63, 3.8) is 0 Å². The summed E-state index contributed by atoms with van der Waals surface area (Å²) in [4.78, 5) is 9.47. The van der Waals surface area contributed by atoms with E-state index in [0.29, 0.717) is 0 Å². The topological polar surface area (TPSA) is 30.7 Å². The van der Waals surface area contributed by atoms with Crippen LogP contribution in [0.2, 0.25) is 0 Å². The molecule has 3 heteroatoms. The Morgan fingerprint density at radius 3 is 1.87 bits per heavy atom. The second-order valence-corrected chi connectivity index (χ2v) is 14.3. The van der Waals surface area contributed by atoms with Crippen LogP contribution in [0, 0.1) is 0 Å². The SMILES string of the molecule is CC1(C)c2ccccc2-c2ccc(-c3ccc(-c4ccc5c(c4)c4ccccc4n5-c4ccc(-c5nccc(-c6ccccc6)n5)cc4)cc3)cc21. The van der Waals surface area contributed by atoms with Crippen LogP contribution in [0.25, 0.3) is 83.5 Å². The van der Waals surface area contributed by atoms with Crippen LogP contribution in [-0.2, 0) is 5.41 Å². The van der Waals surface area contributed by atoms with Crippen molar-refractivity contribution in [3.05, 3.63) is 187 Å². The third-order valence-corrected chi connectivity index (χ3v) is 10.9. The van der Waals surface area contributed by atoms with Gasteiger partial charge in [-0.05, 0) is 99.1 Å². The molecule has 0 aliphatic heterocycles. The first-order chi connectivity index (χ1) is 25.5. The van der Waals surface area contributed by atoms with Crippen LogP contribution < -0.4 is 0 Å². The van der Waals surface area contributed by atoms with Crippen LogP contribution >= 0.6 is 0 Å². The average Bonchev–Trinajstić information content (AvgIpc) is 3.66. The zero-order valence-corrected chi connectivity index (χ0v) is 29.1. The van der Waals surface area contributed by atoms with E-state index in [2.05, 4.69) is 169 Å². The predicted octanol–water partition coefficient (Wildman–Crippen LogP) is 12.5. The van der Waals surface area contributed by atoms with Gasteiger partial charge in [0.05, 0.1) is 16.7 Å². The molecule has 0 atom stereocenters. The summed E-state index contributed by atoms with van der Waals surface area (Å²) in [5.74, 6) is 0.719. The molecule has 9 aromatic rings. The number of nitrogens with zero attached hydrogens (tertiary/aromatic N) is 3. The summed E-state index contributed by atoms with van der Waals surface area (Å²) < 4.78 is 2.36. The Labute approximate surface area is 303 Å². The van der Waals surface area contributed by atoms with E-state index in [-0.39, 0.29) is 5.41 Å². The summed E-state index contributed by atoms with van der Waals surface area (Å²) in [6, 6.07) is 61.2. The first kappa shape index (κ1) is 30.3. The van der Waals surface area contributed by atoms with Crippen LogP contribution in [0.1, 0.15) is 25.0 Å². The van der Waals surface area contributed by atoms with Gasteiger partial charge in [-0.2, -0.15) is 0 Å². The summed E-state index contributed by atoms with van der Waals surface area (Å²) in [7, 11) is 0. The van der Waals surface area contributed by atoms with E-state index in [1.807, 2.05) is 30.5 Å². The fraction of sp³-hybridized carbons (Fsp3) is 0.0612. The molecule has 0 saturated heterocycles. The van der Waals surface area contributed by atoms with Crippen molar-refractivity contribution in [2.75, 3.05) is 0 Å². The highest BCUT2D eigenvalue weighted by Crippen LogP contribution is 2.49. The smallest absolute Gasteiger partial charge is 0.159 e. The third-order valence-electron chi connectivity index (χ3n) is 10.9. The van der Waals surface area contributed by atoms with Gasteiger partial charge in [-0.3, -0.25) is 0 Å². The summed E-state index contributed by atoms with van der Waals surface area (Å²) >= 11 is 0. The quantitative estimate of drug-likeness (QED) is 0.183. The van der Waals surface area contributed by atoms with E-state index in [1.165, 1.54) is 66.3 Å². The van der Waals surface area contributed by atoms with Gasteiger partial charge in [0.2, 0.25) is 0 Å². The van der Waals surface area contributed by atoms with E-state index < -0.39 is 0 Å². The highest BCUT2D eigenvalue weighted by atomic mass is 15.0. The maximum absolute atomic E-state index is 4.88. The molecule has 2 aromatic heterocycles. The minimum Gasteiger partial charge on any atom is -0.309 e. The van der Waals surface area contributed by atoms with Crippen LogP contribution in [-0.4, -0.2) is 14.5 Å². The van der Waals surface area contributed by atoms with Crippen molar-refractivity contribution in [2.24, 2.45) is 0 Å². The molecular weight excluding hydrogens is 631 g/mol. The van der Waals surface area contributed by atoms with Gasteiger partial charge in [-0.25, -0.2) is 9.97 Å². The Hall–Kier alpha value is -6.58. The number of rotatable bonds is 5. The molecule has 0 unspecified atom stereocenters. The summed E-state index contributed by atoms with van der Waals surface area (Å²) in [5.41, 5.74) is 16.9. The predicted molar refractivity (Wildman–Crippen MR) is 216 cm³/mol. The molecule has 0 bridgehead atoms. The van der Waals surface area contributed by atoms with Crippen LogP contribution in [0.15, 0.2) is 176 Å². The molecular formula is C49H35N3. The van der Waals surface area contributed by atoms with Crippen molar-refractivity contribution < 1.29 is 0 Å². The molecule has 1 aliphatic carbocycles. The fourth-order valence-electron chi connectivity index (χ4n) is 8.20. The molecule has 7 aromatic carbocycles. The van der Waals surface area contributed by atoms with Gasteiger partial charge < -0.3 is 4.57 Å². The molecule has 0 spiro atoms. The summed E-state index contributed by atoms with van der Waals surface area (Å²) in [6.45, 7) is 4.68. The van der Waals surface area contributed by atoms with Crippen LogP contribution in [0.4, 0.5) is 0 Å². The molecule has 246 valence electrons.